The molecule has 154 valence electrons. The minimum Gasteiger partial charge on any atom is -0.468 e. The van der Waals surface area contributed by atoms with Gasteiger partial charge in [0.15, 0.2) is 5.72 Å². The molecule has 3 atom stereocenters. The number of carbonyl (C=O) groups excluding carboxylic acids is 2. The van der Waals surface area contributed by atoms with E-state index in [2.05, 4.69) is 38.7 Å². The van der Waals surface area contributed by atoms with Gasteiger partial charge >= 0.3 is 0 Å². The Kier molecular flexibility index (Phi) is 4.39. The summed E-state index contributed by atoms with van der Waals surface area (Å²) in [5, 5.41) is 1.12. The molecule has 7 heteroatoms. The molecule has 2 aromatic carbocycles. The molecule has 2 amide bonds. The van der Waals surface area contributed by atoms with Crippen molar-refractivity contribution < 1.29 is 14.3 Å². The number of ether oxygens (including phenoxy) is 1. The number of primary amides is 1. The highest BCUT2D eigenvalue weighted by molar-refractivity contribution is 9.10. The van der Waals surface area contributed by atoms with Gasteiger partial charge in [-0.05, 0) is 42.8 Å². The van der Waals surface area contributed by atoms with Crippen LogP contribution in [0.15, 0.2) is 59.2 Å². The summed E-state index contributed by atoms with van der Waals surface area (Å²) in [4.78, 5) is 27.4. The van der Waals surface area contributed by atoms with E-state index in [0.717, 1.165) is 26.7 Å². The third kappa shape index (κ3) is 2.91. The van der Waals surface area contributed by atoms with E-state index in [4.69, 9.17) is 10.5 Å². The molecule has 0 radical (unpaired) electrons. The molecule has 3 heterocycles. The number of nitrogens with zero attached hydrogens (tertiary/aromatic N) is 2. The van der Waals surface area contributed by atoms with E-state index >= 15 is 0 Å². The number of rotatable bonds is 4. The predicted octanol–water partition coefficient (Wildman–Crippen LogP) is 3.63. The molecule has 6 nitrogen and oxygen atoms in total. The Labute approximate surface area is 182 Å². The normalized spacial score (nSPS) is 25.1. The number of benzene rings is 2. The van der Waals surface area contributed by atoms with Crippen molar-refractivity contribution in [2.75, 3.05) is 6.54 Å². The van der Waals surface area contributed by atoms with Gasteiger partial charge in [-0.2, -0.15) is 0 Å². The van der Waals surface area contributed by atoms with Crippen molar-refractivity contribution in [3.05, 3.63) is 64.8 Å². The lowest BCUT2D eigenvalue weighted by atomic mass is 9.73. The number of para-hydroxylation sites is 1. The molecule has 1 aromatic heterocycles. The maximum atomic E-state index is 13.4. The first kappa shape index (κ1) is 19.2. The lowest BCUT2D eigenvalue weighted by Gasteiger charge is -2.52. The number of halogens is 1. The van der Waals surface area contributed by atoms with Crippen LogP contribution in [-0.4, -0.2) is 33.6 Å². The molecule has 1 fully saturated rings. The van der Waals surface area contributed by atoms with Gasteiger partial charge in [0.05, 0.1) is 0 Å². The highest BCUT2D eigenvalue weighted by atomic mass is 79.9. The van der Waals surface area contributed by atoms with Crippen molar-refractivity contribution in [2.45, 2.75) is 31.5 Å². The SMILES string of the molecule is C[C@@]12C[C@@H](c3ccccc3O1)[C@@H](C(N)=O)C(=O)N2CCn1ccc2cc(Br)ccc21. The molecule has 0 unspecified atom stereocenters. The van der Waals surface area contributed by atoms with E-state index in [0.29, 0.717) is 19.5 Å². The second-order valence-corrected chi connectivity index (χ2v) is 9.12. The number of piperidine rings is 1. The lowest BCUT2D eigenvalue weighted by Crippen LogP contribution is -2.65. The molecular weight excluding hydrogens is 446 g/mol. The molecule has 5 rings (SSSR count). The lowest BCUT2D eigenvalue weighted by molar-refractivity contribution is -0.175. The molecular formula is C23H22BrN3O3. The van der Waals surface area contributed by atoms with E-state index < -0.39 is 17.6 Å². The topological polar surface area (TPSA) is 77.6 Å². The van der Waals surface area contributed by atoms with E-state index in [1.165, 1.54) is 0 Å². The van der Waals surface area contributed by atoms with E-state index in [9.17, 15) is 9.59 Å². The van der Waals surface area contributed by atoms with Gasteiger partial charge in [-0.25, -0.2) is 0 Å². The van der Waals surface area contributed by atoms with Crippen molar-refractivity contribution in [2.24, 2.45) is 11.7 Å². The van der Waals surface area contributed by atoms with Gasteiger partial charge in [-0.3, -0.25) is 9.59 Å². The van der Waals surface area contributed by atoms with Crippen molar-refractivity contribution in [1.82, 2.24) is 9.47 Å². The average molecular weight is 468 g/mol. The Morgan fingerprint density at radius 1 is 1.23 bits per heavy atom. The molecule has 0 saturated carbocycles. The van der Waals surface area contributed by atoms with Crippen LogP contribution in [-0.2, 0) is 16.1 Å². The number of aromatic nitrogens is 1. The first-order chi connectivity index (χ1) is 14.4. The third-order valence-electron chi connectivity index (χ3n) is 6.36. The summed E-state index contributed by atoms with van der Waals surface area (Å²) in [7, 11) is 0. The zero-order valence-electron chi connectivity index (χ0n) is 16.5. The molecule has 30 heavy (non-hydrogen) atoms. The van der Waals surface area contributed by atoms with Gasteiger partial charge in [0.25, 0.3) is 0 Å². The fraction of sp³-hybridized carbons (Fsp3) is 0.304. The number of carbonyl (C=O) groups is 2. The van der Waals surface area contributed by atoms with Crippen molar-refractivity contribution in [3.63, 3.8) is 0 Å². The van der Waals surface area contributed by atoms with E-state index in [1.807, 2.05) is 43.5 Å². The second-order valence-electron chi connectivity index (χ2n) is 8.21. The number of hydrogen-bond acceptors (Lipinski definition) is 3. The molecule has 1 saturated heterocycles. The second kappa shape index (κ2) is 6.87. The Bertz CT molecular complexity index is 1170. The predicted molar refractivity (Wildman–Crippen MR) is 117 cm³/mol. The van der Waals surface area contributed by atoms with Crippen LogP contribution in [0.5, 0.6) is 5.75 Å². The highest BCUT2D eigenvalue weighted by Gasteiger charge is 2.55. The van der Waals surface area contributed by atoms with Gasteiger partial charge in [0.1, 0.15) is 11.7 Å². The van der Waals surface area contributed by atoms with Gasteiger partial charge in [0, 0.05) is 47.0 Å². The number of nitrogens with two attached hydrogens (primary N) is 1. The minimum atomic E-state index is -0.875. The number of amides is 2. The fourth-order valence-electron chi connectivity index (χ4n) is 4.95. The maximum absolute atomic E-state index is 13.4. The molecule has 3 aromatic rings. The largest absolute Gasteiger partial charge is 0.468 e. The van der Waals surface area contributed by atoms with Crippen LogP contribution in [0.25, 0.3) is 10.9 Å². The summed E-state index contributed by atoms with van der Waals surface area (Å²) in [5.74, 6) is -1.25. The summed E-state index contributed by atoms with van der Waals surface area (Å²) in [6, 6.07) is 15.8. The highest BCUT2D eigenvalue weighted by Crippen LogP contribution is 2.49. The molecule has 2 bridgehead atoms. The summed E-state index contributed by atoms with van der Waals surface area (Å²) in [6.45, 7) is 2.94. The smallest absolute Gasteiger partial charge is 0.238 e. The third-order valence-corrected chi connectivity index (χ3v) is 6.85. The Hall–Kier alpha value is -2.80. The Balaban J connectivity index is 1.48. The number of fused-ring (bicyclic) bond motifs is 5. The minimum absolute atomic E-state index is 0.255. The zero-order chi connectivity index (χ0) is 21.0. The number of likely N-dealkylation sites (tertiary alicyclic amines) is 1. The van der Waals surface area contributed by atoms with E-state index in [-0.39, 0.29) is 11.8 Å². The Morgan fingerprint density at radius 2 is 2.03 bits per heavy atom. The van der Waals surface area contributed by atoms with Crippen LogP contribution < -0.4 is 10.5 Å². The Morgan fingerprint density at radius 3 is 2.83 bits per heavy atom. The molecule has 0 spiro atoms. The van der Waals surface area contributed by atoms with Crippen LogP contribution in [0.1, 0.15) is 24.8 Å². The fourth-order valence-corrected chi connectivity index (χ4v) is 5.33. The molecule has 2 N–H and O–H groups in total. The van der Waals surface area contributed by atoms with Gasteiger partial charge in [-0.15, -0.1) is 0 Å². The van der Waals surface area contributed by atoms with Crippen LogP contribution in [0.3, 0.4) is 0 Å². The zero-order valence-corrected chi connectivity index (χ0v) is 18.1. The molecule has 2 aliphatic heterocycles. The standard InChI is InChI=1S/C23H22BrN3O3/c1-23-13-17(16-4-2-3-5-19(16)30-23)20(21(25)28)22(29)27(23)11-10-26-9-8-14-12-15(24)6-7-18(14)26/h2-9,12,17,20H,10-11,13H2,1H3,(H2,25,28)/t17-,20-,23-/m0/s1. The van der Waals surface area contributed by atoms with Crippen LogP contribution >= 0.6 is 15.9 Å². The first-order valence-electron chi connectivity index (χ1n) is 10.0. The molecule has 0 aliphatic carbocycles. The van der Waals surface area contributed by atoms with Crippen LogP contribution in [0.2, 0.25) is 0 Å². The number of hydrogen-bond donors (Lipinski definition) is 1. The van der Waals surface area contributed by atoms with Crippen LogP contribution in [0.4, 0.5) is 0 Å². The quantitative estimate of drug-likeness (QED) is 0.595. The summed E-state index contributed by atoms with van der Waals surface area (Å²) < 4.78 is 9.45. The van der Waals surface area contributed by atoms with Gasteiger partial charge < -0.3 is 19.9 Å². The van der Waals surface area contributed by atoms with E-state index in [1.54, 1.807) is 4.90 Å². The van der Waals surface area contributed by atoms with Crippen molar-refractivity contribution in [1.29, 1.82) is 0 Å². The summed E-state index contributed by atoms with van der Waals surface area (Å²) in [5.41, 5.74) is 6.86. The molecule has 2 aliphatic rings. The maximum Gasteiger partial charge on any atom is 0.238 e. The summed E-state index contributed by atoms with van der Waals surface area (Å²) in [6.07, 6.45) is 2.56. The monoisotopic (exact) mass is 467 g/mol. The van der Waals surface area contributed by atoms with Crippen molar-refractivity contribution >= 4 is 38.6 Å². The van der Waals surface area contributed by atoms with Crippen LogP contribution in [0, 0.1) is 5.92 Å². The van der Waals surface area contributed by atoms with Gasteiger partial charge in [0.2, 0.25) is 11.8 Å². The van der Waals surface area contributed by atoms with Gasteiger partial charge in [-0.1, -0.05) is 34.1 Å². The average Bonchev–Trinajstić information content (AvgIpc) is 3.09. The van der Waals surface area contributed by atoms with Crippen molar-refractivity contribution in [3.8, 4) is 5.75 Å². The first-order valence-corrected chi connectivity index (χ1v) is 10.8. The summed E-state index contributed by atoms with van der Waals surface area (Å²) >= 11 is 3.50.